The van der Waals surface area contributed by atoms with Gasteiger partial charge in [-0.3, -0.25) is 9.59 Å². The zero-order valence-electron chi connectivity index (χ0n) is 16.4. The van der Waals surface area contributed by atoms with E-state index in [0.717, 1.165) is 19.3 Å². The van der Waals surface area contributed by atoms with Crippen molar-refractivity contribution in [3.8, 4) is 0 Å². The van der Waals surface area contributed by atoms with Crippen molar-refractivity contribution in [2.75, 3.05) is 19.6 Å². The molecule has 0 bridgehead atoms. The standard InChI is InChI=1S/C22H28N2O2S/c1-4-5-12-23(17(3)25)15-21(26)24-13-10-20-19(11-14-27-20)22(24)18-9-7-6-8-16(18)2/h6-9,11,14,22H,4-5,10,12-13,15H2,1-3H3/t22-/m1/s1. The van der Waals surface area contributed by atoms with Crippen LogP contribution in [0.4, 0.5) is 0 Å². The third kappa shape index (κ3) is 4.24. The normalized spacial score (nSPS) is 16.1. The first-order valence-electron chi connectivity index (χ1n) is 9.69. The van der Waals surface area contributed by atoms with Gasteiger partial charge in [-0.1, -0.05) is 37.6 Å². The molecule has 3 rings (SSSR count). The Morgan fingerprint density at radius 1 is 1.22 bits per heavy atom. The predicted octanol–water partition coefficient (Wildman–Crippen LogP) is 4.18. The van der Waals surface area contributed by atoms with E-state index in [-0.39, 0.29) is 24.4 Å². The molecule has 0 fully saturated rings. The average molecular weight is 385 g/mol. The molecule has 4 nitrogen and oxygen atoms in total. The quantitative estimate of drug-likeness (QED) is 0.750. The molecule has 2 amide bonds. The van der Waals surface area contributed by atoms with Gasteiger partial charge >= 0.3 is 0 Å². The van der Waals surface area contributed by atoms with E-state index in [9.17, 15) is 9.59 Å². The van der Waals surface area contributed by atoms with Crippen molar-refractivity contribution in [3.63, 3.8) is 0 Å². The molecule has 2 heterocycles. The van der Waals surface area contributed by atoms with Crippen LogP contribution in [0, 0.1) is 6.92 Å². The maximum atomic E-state index is 13.2. The average Bonchev–Trinajstić information content (AvgIpc) is 3.13. The van der Waals surface area contributed by atoms with Crippen LogP contribution in [0.5, 0.6) is 0 Å². The van der Waals surface area contributed by atoms with Gasteiger partial charge in [-0.15, -0.1) is 11.3 Å². The Morgan fingerprint density at radius 3 is 2.70 bits per heavy atom. The minimum Gasteiger partial charge on any atom is -0.334 e. The van der Waals surface area contributed by atoms with E-state index in [1.165, 1.54) is 21.6 Å². The Balaban J connectivity index is 1.90. The van der Waals surface area contributed by atoms with Crippen molar-refractivity contribution in [2.24, 2.45) is 0 Å². The van der Waals surface area contributed by atoms with Gasteiger partial charge in [0.15, 0.2) is 0 Å². The molecule has 5 heteroatoms. The molecule has 1 aromatic heterocycles. The minimum atomic E-state index is -0.0614. The maximum absolute atomic E-state index is 13.2. The first-order valence-corrected chi connectivity index (χ1v) is 10.6. The second-order valence-electron chi connectivity index (χ2n) is 7.19. The molecule has 0 spiro atoms. The lowest BCUT2D eigenvalue weighted by molar-refractivity contribution is -0.140. The summed E-state index contributed by atoms with van der Waals surface area (Å²) in [4.78, 5) is 30.2. The number of unbranched alkanes of at least 4 members (excludes halogenated alkanes) is 1. The van der Waals surface area contributed by atoms with Gasteiger partial charge in [0.05, 0.1) is 12.6 Å². The van der Waals surface area contributed by atoms with E-state index in [2.05, 4.69) is 37.4 Å². The monoisotopic (exact) mass is 384 g/mol. The second-order valence-corrected chi connectivity index (χ2v) is 8.19. The number of aryl methyl sites for hydroxylation is 1. The molecular weight excluding hydrogens is 356 g/mol. The number of nitrogens with zero attached hydrogens (tertiary/aromatic N) is 2. The molecule has 1 aliphatic rings. The summed E-state index contributed by atoms with van der Waals surface area (Å²) in [5.41, 5.74) is 3.60. The molecule has 0 N–H and O–H groups in total. The van der Waals surface area contributed by atoms with Gasteiger partial charge in [-0.2, -0.15) is 0 Å². The fraction of sp³-hybridized carbons (Fsp3) is 0.455. The van der Waals surface area contributed by atoms with E-state index in [0.29, 0.717) is 13.1 Å². The van der Waals surface area contributed by atoms with E-state index >= 15 is 0 Å². The predicted molar refractivity (Wildman–Crippen MR) is 110 cm³/mol. The first-order chi connectivity index (χ1) is 13.0. The van der Waals surface area contributed by atoms with Gasteiger partial charge < -0.3 is 9.80 Å². The molecule has 1 aromatic carbocycles. The Labute approximate surface area is 165 Å². The van der Waals surface area contributed by atoms with Crippen molar-refractivity contribution < 1.29 is 9.59 Å². The van der Waals surface area contributed by atoms with Crippen molar-refractivity contribution in [2.45, 2.75) is 46.1 Å². The van der Waals surface area contributed by atoms with Gasteiger partial charge in [0, 0.05) is 24.9 Å². The highest BCUT2D eigenvalue weighted by Gasteiger charge is 2.34. The lowest BCUT2D eigenvalue weighted by atomic mass is 9.90. The Morgan fingerprint density at radius 2 is 2.00 bits per heavy atom. The van der Waals surface area contributed by atoms with Crippen LogP contribution < -0.4 is 0 Å². The fourth-order valence-corrected chi connectivity index (χ4v) is 4.67. The van der Waals surface area contributed by atoms with Gasteiger partial charge in [0.2, 0.25) is 11.8 Å². The van der Waals surface area contributed by atoms with E-state index in [4.69, 9.17) is 0 Å². The molecule has 1 aliphatic heterocycles. The smallest absolute Gasteiger partial charge is 0.242 e. The SMILES string of the molecule is CCCCN(CC(=O)N1CCc2sccc2[C@H]1c1ccccc1C)C(C)=O. The second kappa shape index (κ2) is 8.70. The summed E-state index contributed by atoms with van der Waals surface area (Å²) in [5, 5.41) is 2.12. The molecule has 0 saturated carbocycles. The largest absolute Gasteiger partial charge is 0.334 e. The van der Waals surface area contributed by atoms with Crippen molar-refractivity contribution in [1.82, 2.24) is 9.80 Å². The van der Waals surface area contributed by atoms with Crippen LogP contribution in [0.15, 0.2) is 35.7 Å². The summed E-state index contributed by atoms with van der Waals surface area (Å²) < 4.78 is 0. The highest BCUT2D eigenvalue weighted by molar-refractivity contribution is 7.10. The number of thiophene rings is 1. The van der Waals surface area contributed by atoms with Crippen LogP contribution in [0.1, 0.15) is 54.3 Å². The molecule has 0 aliphatic carbocycles. The minimum absolute atomic E-state index is 0.0301. The fourth-order valence-electron chi connectivity index (χ4n) is 3.76. The van der Waals surface area contributed by atoms with E-state index < -0.39 is 0 Å². The highest BCUT2D eigenvalue weighted by Crippen LogP contribution is 2.38. The lowest BCUT2D eigenvalue weighted by Crippen LogP contribution is -2.46. The van der Waals surface area contributed by atoms with Gasteiger partial charge in [0.1, 0.15) is 0 Å². The third-order valence-corrected chi connectivity index (χ3v) is 6.32. The molecule has 1 atom stereocenters. The third-order valence-electron chi connectivity index (χ3n) is 5.32. The van der Waals surface area contributed by atoms with E-state index in [1.807, 2.05) is 17.0 Å². The van der Waals surface area contributed by atoms with Crippen molar-refractivity contribution in [3.05, 3.63) is 57.3 Å². The number of amides is 2. The Bertz CT molecular complexity index is 814. The van der Waals surface area contributed by atoms with Crippen LogP contribution in [0.3, 0.4) is 0 Å². The zero-order chi connectivity index (χ0) is 19.4. The Hall–Kier alpha value is -2.14. The number of hydrogen-bond acceptors (Lipinski definition) is 3. The van der Waals surface area contributed by atoms with Crippen molar-refractivity contribution in [1.29, 1.82) is 0 Å². The van der Waals surface area contributed by atoms with Crippen molar-refractivity contribution >= 4 is 23.2 Å². The number of rotatable bonds is 6. The number of benzene rings is 1. The van der Waals surface area contributed by atoms with Gasteiger partial charge in [0.25, 0.3) is 0 Å². The Kier molecular flexibility index (Phi) is 6.32. The van der Waals surface area contributed by atoms with Gasteiger partial charge in [-0.05, 0) is 47.9 Å². The molecule has 2 aromatic rings. The molecule has 0 radical (unpaired) electrons. The number of carbonyl (C=O) groups excluding carboxylic acids is 2. The zero-order valence-corrected chi connectivity index (χ0v) is 17.2. The summed E-state index contributed by atoms with van der Waals surface area (Å²) in [5.74, 6) is 0.00359. The summed E-state index contributed by atoms with van der Waals surface area (Å²) in [6, 6.07) is 10.4. The van der Waals surface area contributed by atoms with Gasteiger partial charge in [-0.25, -0.2) is 0 Å². The van der Waals surface area contributed by atoms with Crippen LogP contribution in [0.2, 0.25) is 0 Å². The summed E-state index contributed by atoms with van der Waals surface area (Å²) in [7, 11) is 0. The highest BCUT2D eigenvalue weighted by atomic mass is 32.1. The molecular formula is C22H28N2O2S. The first kappa shape index (κ1) is 19.6. The molecule has 0 unspecified atom stereocenters. The summed E-state index contributed by atoms with van der Waals surface area (Å²) >= 11 is 1.77. The van der Waals surface area contributed by atoms with E-state index in [1.54, 1.807) is 23.2 Å². The number of fused-ring (bicyclic) bond motifs is 1. The number of carbonyl (C=O) groups is 2. The maximum Gasteiger partial charge on any atom is 0.242 e. The van der Waals surface area contributed by atoms with Crippen LogP contribution in [-0.4, -0.2) is 41.2 Å². The molecule has 0 saturated heterocycles. The van der Waals surface area contributed by atoms with Crippen LogP contribution in [0.25, 0.3) is 0 Å². The summed E-state index contributed by atoms with van der Waals surface area (Å²) in [6.07, 6.45) is 2.81. The molecule has 27 heavy (non-hydrogen) atoms. The molecule has 144 valence electrons. The summed E-state index contributed by atoms with van der Waals surface area (Å²) in [6.45, 7) is 7.25. The van der Waals surface area contributed by atoms with Crippen LogP contribution >= 0.6 is 11.3 Å². The lowest BCUT2D eigenvalue weighted by Gasteiger charge is -2.38. The number of hydrogen-bond donors (Lipinski definition) is 0. The topological polar surface area (TPSA) is 40.6 Å². The van der Waals surface area contributed by atoms with Crippen LogP contribution in [-0.2, 0) is 16.0 Å².